The zero-order chi connectivity index (χ0) is 23.4. The number of hydrogen-bond donors (Lipinski definition) is 1. The number of carbonyl (C=O) groups excluding carboxylic acids is 1. The highest BCUT2D eigenvalue weighted by molar-refractivity contribution is 5.87. The number of allylic oxidation sites excluding steroid dienone is 1. The van der Waals surface area contributed by atoms with Gasteiger partial charge in [0.25, 0.3) is 0 Å². The van der Waals surface area contributed by atoms with Crippen molar-refractivity contribution < 1.29 is 9.53 Å². The van der Waals surface area contributed by atoms with Gasteiger partial charge in [-0.2, -0.15) is 0 Å². The van der Waals surface area contributed by atoms with Crippen molar-refractivity contribution in [2.45, 2.75) is 70.4 Å². The van der Waals surface area contributed by atoms with E-state index in [-0.39, 0.29) is 11.4 Å². The summed E-state index contributed by atoms with van der Waals surface area (Å²) in [4.78, 5) is 19.7. The Morgan fingerprint density at radius 3 is 2.73 bits per heavy atom. The molecular weight excluding hydrogens is 412 g/mol. The average Bonchev–Trinajstić information content (AvgIpc) is 3.12. The zero-order valence-corrected chi connectivity index (χ0v) is 20.6. The van der Waals surface area contributed by atoms with Crippen LogP contribution in [0.15, 0.2) is 30.4 Å². The summed E-state index contributed by atoms with van der Waals surface area (Å²) in [7, 11) is 2.16. The Labute approximate surface area is 197 Å². The molecule has 1 N–H and O–H groups in total. The third kappa shape index (κ3) is 3.78. The Bertz CT molecular complexity index is 1110. The van der Waals surface area contributed by atoms with Crippen molar-refractivity contribution in [3.8, 4) is 17.0 Å². The largest absolute Gasteiger partial charge is 0.480 e. The molecule has 6 nitrogen and oxygen atoms in total. The van der Waals surface area contributed by atoms with Gasteiger partial charge in [-0.1, -0.05) is 12.1 Å². The van der Waals surface area contributed by atoms with Crippen molar-refractivity contribution in [1.29, 1.82) is 0 Å². The number of aromatic nitrogens is 2. The van der Waals surface area contributed by atoms with Crippen LogP contribution in [-0.2, 0) is 17.4 Å². The molecule has 0 aliphatic carbocycles. The van der Waals surface area contributed by atoms with Crippen LogP contribution >= 0.6 is 0 Å². The SMILES string of the molecule is C/C=C/C(=O)N1CCC2(CC1)Oc1cc(C)ccc1-c1nc([C@@H]3CCNC(C)(C)C3)n(C)c12. The molecule has 3 aliphatic rings. The predicted octanol–water partition coefficient (Wildman–Crippen LogP) is 4.43. The van der Waals surface area contributed by atoms with E-state index in [0.29, 0.717) is 19.0 Å². The molecule has 1 atom stereocenters. The summed E-state index contributed by atoms with van der Waals surface area (Å²) in [5, 5.41) is 3.64. The van der Waals surface area contributed by atoms with Gasteiger partial charge in [0.05, 0.1) is 11.4 Å². The first-order valence-corrected chi connectivity index (χ1v) is 12.3. The zero-order valence-electron chi connectivity index (χ0n) is 20.6. The molecule has 0 radical (unpaired) electrons. The van der Waals surface area contributed by atoms with E-state index in [2.05, 4.69) is 55.9 Å². The second-order valence-electron chi connectivity index (χ2n) is 10.6. The van der Waals surface area contributed by atoms with Crippen molar-refractivity contribution in [3.63, 3.8) is 0 Å². The highest BCUT2D eigenvalue weighted by Crippen LogP contribution is 2.50. The summed E-state index contributed by atoms with van der Waals surface area (Å²) in [6.45, 7) is 10.9. The number of nitrogens with one attached hydrogen (secondary N) is 1. The van der Waals surface area contributed by atoms with E-state index >= 15 is 0 Å². The van der Waals surface area contributed by atoms with Gasteiger partial charge in [-0.15, -0.1) is 0 Å². The van der Waals surface area contributed by atoms with E-state index in [1.165, 1.54) is 17.1 Å². The first kappa shape index (κ1) is 22.2. The minimum Gasteiger partial charge on any atom is -0.480 e. The fourth-order valence-corrected chi connectivity index (χ4v) is 6.03. The molecule has 2 aromatic rings. The highest BCUT2D eigenvalue weighted by atomic mass is 16.5. The second-order valence-corrected chi connectivity index (χ2v) is 10.6. The van der Waals surface area contributed by atoms with E-state index in [9.17, 15) is 4.79 Å². The van der Waals surface area contributed by atoms with Gasteiger partial charge in [-0.25, -0.2) is 4.98 Å². The van der Waals surface area contributed by atoms with Crippen LogP contribution in [-0.4, -0.2) is 45.5 Å². The number of hydrogen-bond acceptors (Lipinski definition) is 4. The number of aryl methyl sites for hydroxylation is 1. The lowest BCUT2D eigenvalue weighted by Gasteiger charge is -2.44. The maximum atomic E-state index is 12.5. The van der Waals surface area contributed by atoms with Crippen LogP contribution < -0.4 is 10.1 Å². The molecule has 176 valence electrons. The molecule has 5 rings (SSSR count). The Balaban J connectivity index is 1.58. The van der Waals surface area contributed by atoms with E-state index < -0.39 is 5.60 Å². The molecule has 1 aromatic carbocycles. The quantitative estimate of drug-likeness (QED) is 0.691. The van der Waals surface area contributed by atoms with Gasteiger partial charge >= 0.3 is 0 Å². The third-order valence-corrected chi connectivity index (χ3v) is 7.67. The normalized spacial score (nSPS) is 23.3. The molecule has 6 heteroatoms. The number of benzene rings is 1. The Morgan fingerprint density at radius 2 is 2.03 bits per heavy atom. The minimum absolute atomic E-state index is 0.0854. The first-order chi connectivity index (χ1) is 15.7. The van der Waals surface area contributed by atoms with Gasteiger partial charge in [0.15, 0.2) is 5.60 Å². The van der Waals surface area contributed by atoms with Gasteiger partial charge in [0.2, 0.25) is 5.91 Å². The van der Waals surface area contributed by atoms with Crippen LogP contribution in [0.25, 0.3) is 11.3 Å². The molecule has 2 saturated heterocycles. The molecule has 4 heterocycles. The molecule has 1 amide bonds. The molecule has 2 fully saturated rings. The summed E-state index contributed by atoms with van der Waals surface area (Å²) in [5.74, 6) is 2.59. The highest BCUT2D eigenvalue weighted by Gasteiger charge is 2.48. The summed E-state index contributed by atoms with van der Waals surface area (Å²) in [6.07, 6.45) is 7.17. The Kier molecular flexibility index (Phi) is 5.39. The van der Waals surface area contributed by atoms with Gasteiger partial charge in [-0.05, 0) is 70.9 Å². The summed E-state index contributed by atoms with van der Waals surface area (Å²) in [5.41, 5.74) is 4.18. The predicted molar refractivity (Wildman–Crippen MR) is 130 cm³/mol. The smallest absolute Gasteiger partial charge is 0.246 e. The van der Waals surface area contributed by atoms with Gasteiger partial charge < -0.3 is 19.5 Å². The average molecular weight is 449 g/mol. The fraction of sp³-hybridized carbons (Fsp3) is 0.556. The number of rotatable bonds is 2. The first-order valence-electron chi connectivity index (χ1n) is 12.3. The van der Waals surface area contributed by atoms with E-state index in [1.54, 1.807) is 6.08 Å². The number of fused-ring (bicyclic) bond motifs is 4. The van der Waals surface area contributed by atoms with E-state index in [1.807, 2.05) is 17.9 Å². The minimum atomic E-state index is -0.453. The maximum absolute atomic E-state index is 12.5. The van der Waals surface area contributed by atoms with E-state index in [0.717, 1.165) is 49.2 Å². The number of likely N-dealkylation sites (tertiary alicyclic amines) is 1. The van der Waals surface area contributed by atoms with Crippen LogP contribution in [0.5, 0.6) is 5.75 Å². The number of amides is 1. The number of piperidine rings is 2. The van der Waals surface area contributed by atoms with Crippen LogP contribution in [0.2, 0.25) is 0 Å². The van der Waals surface area contributed by atoms with Gasteiger partial charge in [0.1, 0.15) is 11.6 Å². The molecule has 33 heavy (non-hydrogen) atoms. The standard InChI is InChI=1S/C27H36N4O2/c1-6-7-22(32)31-14-11-27(12-15-31)24-23(20-9-8-18(2)16-21(20)33-27)29-25(30(24)5)19-10-13-28-26(3,4)17-19/h6-9,16,19,28H,10-15,17H2,1-5H3/b7-6+/t19-/m1/s1. The lowest BCUT2D eigenvalue weighted by molar-refractivity contribution is -0.130. The summed E-state index contributed by atoms with van der Waals surface area (Å²) in [6, 6.07) is 6.44. The number of imidazole rings is 1. The van der Waals surface area contributed by atoms with Crippen molar-refractivity contribution in [2.24, 2.45) is 7.05 Å². The van der Waals surface area contributed by atoms with Crippen molar-refractivity contribution in [3.05, 3.63) is 47.4 Å². The van der Waals surface area contributed by atoms with Gasteiger partial charge in [-0.3, -0.25) is 4.79 Å². The number of nitrogens with zero attached hydrogens (tertiary/aromatic N) is 3. The monoisotopic (exact) mass is 448 g/mol. The summed E-state index contributed by atoms with van der Waals surface area (Å²) >= 11 is 0. The molecule has 0 bridgehead atoms. The van der Waals surface area contributed by atoms with Crippen molar-refractivity contribution in [1.82, 2.24) is 19.8 Å². The van der Waals surface area contributed by atoms with Crippen molar-refractivity contribution >= 4 is 5.91 Å². The van der Waals surface area contributed by atoms with Gasteiger partial charge in [0, 0.05) is 50.0 Å². The molecule has 3 aliphatic heterocycles. The van der Waals surface area contributed by atoms with Crippen LogP contribution in [0, 0.1) is 6.92 Å². The lowest BCUT2D eigenvalue weighted by atomic mass is 9.82. The second kappa shape index (κ2) is 8.01. The summed E-state index contributed by atoms with van der Waals surface area (Å²) < 4.78 is 9.18. The van der Waals surface area contributed by atoms with Crippen LogP contribution in [0.1, 0.15) is 69.5 Å². The molecule has 0 saturated carbocycles. The number of carbonyl (C=O) groups is 1. The Morgan fingerprint density at radius 1 is 1.27 bits per heavy atom. The van der Waals surface area contributed by atoms with Crippen molar-refractivity contribution in [2.75, 3.05) is 19.6 Å². The maximum Gasteiger partial charge on any atom is 0.246 e. The fourth-order valence-electron chi connectivity index (χ4n) is 6.03. The molecule has 1 aromatic heterocycles. The van der Waals surface area contributed by atoms with E-state index in [4.69, 9.17) is 9.72 Å². The number of ether oxygens (including phenoxy) is 1. The lowest BCUT2D eigenvalue weighted by Crippen LogP contribution is -2.49. The third-order valence-electron chi connectivity index (χ3n) is 7.67. The molecular formula is C27H36N4O2. The topological polar surface area (TPSA) is 59.4 Å². The van der Waals surface area contributed by atoms with Crippen LogP contribution in [0.4, 0.5) is 0 Å². The molecule has 1 spiro atoms. The molecule has 0 unspecified atom stereocenters. The Hall–Kier alpha value is -2.60. The van der Waals surface area contributed by atoms with Crippen LogP contribution in [0.3, 0.4) is 0 Å².